The van der Waals surface area contributed by atoms with E-state index in [1.54, 1.807) is 16.7 Å². The molecule has 0 aromatic heterocycles. The molecule has 2 amide bonds. The summed E-state index contributed by atoms with van der Waals surface area (Å²) < 4.78 is 0. The average molecular weight is 271 g/mol. The second kappa shape index (κ2) is 5.48. The van der Waals surface area contributed by atoms with Gasteiger partial charge in [-0.25, -0.2) is 0 Å². The predicted octanol–water partition coefficient (Wildman–Crippen LogP) is 0.166. The van der Waals surface area contributed by atoms with Gasteiger partial charge < -0.3 is 15.5 Å². The summed E-state index contributed by atoms with van der Waals surface area (Å²) in [6.45, 7) is 3.62. The van der Waals surface area contributed by atoms with Crippen molar-refractivity contribution in [3.63, 3.8) is 0 Å². The molecule has 18 heavy (non-hydrogen) atoms. The molecular formula is C12H21N3O2S. The molecule has 2 saturated heterocycles. The minimum Gasteiger partial charge on any atom is -0.354 e. The van der Waals surface area contributed by atoms with Crippen LogP contribution in [0.3, 0.4) is 0 Å². The van der Waals surface area contributed by atoms with E-state index in [1.807, 2.05) is 7.05 Å². The maximum absolute atomic E-state index is 12.1. The van der Waals surface area contributed by atoms with Crippen LogP contribution in [-0.4, -0.2) is 53.5 Å². The van der Waals surface area contributed by atoms with Crippen LogP contribution >= 0.6 is 11.8 Å². The molecule has 0 saturated carbocycles. The molecule has 102 valence electrons. The molecule has 5 nitrogen and oxygen atoms in total. The van der Waals surface area contributed by atoms with E-state index in [0.717, 1.165) is 25.1 Å². The zero-order valence-electron chi connectivity index (χ0n) is 11.0. The molecule has 0 radical (unpaired) electrons. The summed E-state index contributed by atoms with van der Waals surface area (Å²) in [4.78, 5) is 25.6. The van der Waals surface area contributed by atoms with Crippen molar-refractivity contribution in [1.29, 1.82) is 0 Å². The third kappa shape index (κ3) is 2.49. The Morgan fingerprint density at radius 3 is 3.06 bits per heavy atom. The summed E-state index contributed by atoms with van der Waals surface area (Å²) in [7, 11) is 1.89. The first kappa shape index (κ1) is 13.7. The number of fused-ring (bicyclic) bond motifs is 1. The number of nitrogens with zero attached hydrogens (tertiary/aromatic N) is 1. The van der Waals surface area contributed by atoms with Crippen LogP contribution in [0.5, 0.6) is 0 Å². The normalized spacial score (nSPS) is 30.7. The van der Waals surface area contributed by atoms with E-state index in [2.05, 4.69) is 17.6 Å². The first-order valence-corrected chi connectivity index (χ1v) is 7.45. The summed E-state index contributed by atoms with van der Waals surface area (Å²) >= 11 is 1.73. The van der Waals surface area contributed by atoms with E-state index >= 15 is 0 Å². The highest BCUT2D eigenvalue weighted by atomic mass is 32.2. The number of hydrogen-bond acceptors (Lipinski definition) is 4. The van der Waals surface area contributed by atoms with Crippen LogP contribution in [0.25, 0.3) is 0 Å². The van der Waals surface area contributed by atoms with Gasteiger partial charge in [-0.2, -0.15) is 0 Å². The second-order valence-electron chi connectivity index (χ2n) is 5.01. The Morgan fingerprint density at radius 2 is 2.33 bits per heavy atom. The van der Waals surface area contributed by atoms with Crippen molar-refractivity contribution < 1.29 is 9.59 Å². The summed E-state index contributed by atoms with van der Waals surface area (Å²) in [5.41, 5.74) is 0. The molecule has 0 aromatic carbocycles. The SMILES string of the molecule is CNCCCNC(=O)C1CSC2(C)CCC(=O)N12. The van der Waals surface area contributed by atoms with Gasteiger partial charge in [0.15, 0.2) is 0 Å². The Balaban J connectivity index is 1.89. The summed E-state index contributed by atoms with van der Waals surface area (Å²) in [5, 5.41) is 5.96. The van der Waals surface area contributed by atoms with Gasteiger partial charge in [0.05, 0.1) is 4.87 Å². The van der Waals surface area contributed by atoms with Crippen molar-refractivity contribution in [1.82, 2.24) is 15.5 Å². The molecule has 0 spiro atoms. The minimum absolute atomic E-state index is 0.00224. The number of hydrogen-bond donors (Lipinski definition) is 2. The van der Waals surface area contributed by atoms with Crippen LogP contribution in [0, 0.1) is 0 Å². The van der Waals surface area contributed by atoms with E-state index in [9.17, 15) is 9.59 Å². The minimum atomic E-state index is -0.274. The van der Waals surface area contributed by atoms with E-state index in [0.29, 0.717) is 13.0 Å². The smallest absolute Gasteiger partial charge is 0.243 e. The van der Waals surface area contributed by atoms with Gasteiger partial charge in [-0.1, -0.05) is 0 Å². The standard InChI is InChI=1S/C12H21N3O2S/c1-12-5-4-10(16)15(12)9(8-18-12)11(17)14-7-3-6-13-2/h9,13H,3-8H2,1-2H3,(H,14,17). The molecule has 6 heteroatoms. The van der Waals surface area contributed by atoms with E-state index in [-0.39, 0.29) is 22.7 Å². The zero-order chi connectivity index (χ0) is 13.2. The highest BCUT2D eigenvalue weighted by molar-refractivity contribution is 8.01. The molecule has 2 N–H and O–H groups in total. The van der Waals surface area contributed by atoms with Crippen LogP contribution in [0.2, 0.25) is 0 Å². The Kier molecular flexibility index (Phi) is 4.17. The molecule has 2 heterocycles. The van der Waals surface area contributed by atoms with Gasteiger partial charge in [0.1, 0.15) is 6.04 Å². The van der Waals surface area contributed by atoms with Crippen LogP contribution in [0.15, 0.2) is 0 Å². The fraction of sp³-hybridized carbons (Fsp3) is 0.833. The maximum atomic E-state index is 12.1. The lowest BCUT2D eigenvalue weighted by Crippen LogP contribution is -2.50. The van der Waals surface area contributed by atoms with Crippen molar-refractivity contribution in [3.05, 3.63) is 0 Å². The van der Waals surface area contributed by atoms with Crippen LogP contribution in [-0.2, 0) is 9.59 Å². The largest absolute Gasteiger partial charge is 0.354 e. The third-order valence-electron chi connectivity index (χ3n) is 3.65. The van der Waals surface area contributed by atoms with Crippen molar-refractivity contribution in [2.45, 2.75) is 37.1 Å². The molecule has 2 fully saturated rings. The number of carbonyl (C=O) groups excluding carboxylic acids is 2. The van der Waals surface area contributed by atoms with Crippen LogP contribution in [0.4, 0.5) is 0 Å². The van der Waals surface area contributed by atoms with Gasteiger partial charge in [0.25, 0.3) is 0 Å². The predicted molar refractivity (Wildman–Crippen MR) is 72.3 cm³/mol. The lowest BCUT2D eigenvalue weighted by atomic mass is 10.2. The Morgan fingerprint density at radius 1 is 1.56 bits per heavy atom. The molecule has 0 aromatic rings. The Hall–Kier alpha value is -0.750. The van der Waals surface area contributed by atoms with Gasteiger partial charge in [0, 0.05) is 18.7 Å². The van der Waals surface area contributed by atoms with Crippen molar-refractivity contribution in [2.24, 2.45) is 0 Å². The molecule has 0 bridgehead atoms. The Labute approximate surface area is 112 Å². The first-order chi connectivity index (χ1) is 8.58. The number of nitrogens with one attached hydrogen (secondary N) is 2. The van der Waals surface area contributed by atoms with Crippen molar-refractivity contribution >= 4 is 23.6 Å². The highest BCUT2D eigenvalue weighted by Crippen LogP contribution is 2.47. The van der Waals surface area contributed by atoms with Crippen LogP contribution < -0.4 is 10.6 Å². The van der Waals surface area contributed by atoms with Gasteiger partial charge in [-0.15, -0.1) is 11.8 Å². The van der Waals surface area contributed by atoms with E-state index < -0.39 is 0 Å². The lowest BCUT2D eigenvalue weighted by Gasteiger charge is -2.29. The Bertz CT molecular complexity index is 350. The van der Waals surface area contributed by atoms with Crippen molar-refractivity contribution in [3.8, 4) is 0 Å². The number of amides is 2. The lowest BCUT2D eigenvalue weighted by molar-refractivity contribution is -0.137. The van der Waals surface area contributed by atoms with Crippen molar-refractivity contribution in [2.75, 3.05) is 25.9 Å². The topological polar surface area (TPSA) is 61.4 Å². The molecule has 0 aliphatic carbocycles. The molecule has 2 unspecified atom stereocenters. The number of thioether (sulfide) groups is 1. The fourth-order valence-corrected chi connectivity index (χ4v) is 4.04. The summed E-state index contributed by atoms with van der Waals surface area (Å²) in [5.74, 6) is 0.843. The van der Waals surface area contributed by atoms with Crippen LogP contribution in [0.1, 0.15) is 26.2 Å². The zero-order valence-corrected chi connectivity index (χ0v) is 11.8. The quantitative estimate of drug-likeness (QED) is 0.700. The van der Waals surface area contributed by atoms with Gasteiger partial charge in [0.2, 0.25) is 11.8 Å². The molecule has 2 aliphatic rings. The monoisotopic (exact) mass is 271 g/mol. The fourth-order valence-electron chi connectivity index (χ4n) is 2.61. The second-order valence-corrected chi connectivity index (χ2v) is 6.52. The molecular weight excluding hydrogens is 250 g/mol. The molecule has 2 atom stereocenters. The number of carbonyl (C=O) groups is 2. The van der Waals surface area contributed by atoms with Gasteiger partial charge >= 0.3 is 0 Å². The average Bonchev–Trinajstić information content (AvgIpc) is 2.83. The summed E-state index contributed by atoms with van der Waals surface area (Å²) in [6.07, 6.45) is 2.35. The highest BCUT2D eigenvalue weighted by Gasteiger charge is 2.52. The summed E-state index contributed by atoms with van der Waals surface area (Å²) in [6, 6.07) is -0.274. The third-order valence-corrected chi connectivity index (χ3v) is 5.16. The first-order valence-electron chi connectivity index (χ1n) is 6.47. The molecule has 2 aliphatic heterocycles. The maximum Gasteiger partial charge on any atom is 0.243 e. The van der Waals surface area contributed by atoms with Gasteiger partial charge in [-0.3, -0.25) is 9.59 Å². The van der Waals surface area contributed by atoms with Gasteiger partial charge in [-0.05, 0) is 33.4 Å². The van der Waals surface area contributed by atoms with E-state index in [4.69, 9.17) is 0 Å². The van der Waals surface area contributed by atoms with E-state index in [1.165, 1.54) is 0 Å². The molecule has 2 rings (SSSR count). The number of rotatable bonds is 5.